The Morgan fingerprint density at radius 1 is 1.25 bits per heavy atom. The number of unbranched alkanes of at least 4 members (excludes halogenated alkanes) is 1. The molecule has 1 aliphatic carbocycles. The maximum Gasteiger partial charge on any atom is 0.278 e. The SMILES string of the molecule is C=CCCCN1CN(C2CC(F)(F)C2)C(=O)c2c(O)c(=O)c(C(=O)NCc3ccc(F)cc3F)cn21. The smallest absolute Gasteiger partial charge is 0.278 e. The molecule has 0 bridgehead atoms. The summed E-state index contributed by atoms with van der Waals surface area (Å²) in [6, 6.07) is 2.05. The van der Waals surface area contributed by atoms with Crippen molar-refractivity contribution in [2.75, 3.05) is 18.2 Å². The van der Waals surface area contributed by atoms with Crippen molar-refractivity contribution in [2.24, 2.45) is 0 Å². The number of nitrogens with one attached hydrogen (secondary N) is 1. The third-order valence-electron chi connectivity index (χ3n) is 6.28. The molecule has 2 aliphatic rings. The van der Waals surface area contributed by atoms with Gasteiger partial charge in [0.2, 0.25) is 5.43 Å². The Hall–Kier alpha value is -3.83. The van der Waals surface area contributed by atoms with E-state index in [1.807, 2.05) is 0 Å². The van der Waals surface area contributed by atoms with Gasteiger partial charge in [-0.3, -0.25) is 24.1 Å². The number of benzene rings is 1. The standard InChI is InChI=1S/C24H24F4N4O4/c1-2-3-4-7-30-13-31(16-9-24(27,28)10-16)23(36)19-21(34)20(33)17(12-32(19)30)22(35)29-11-14-5-6-15(25)8-18(14)26/h2,5-6,8,12,16,34H,1,3-4,7,9-11,13H2,(H,29,35). The van der Waals surface area contributed by atoms with Crippen LogP contribution >= 0.6 is 0 Å². The van der Waals surface area contributed by atoms with E-state index in [1.54, 1.807) is 11.1 Å². The minimum Gasteiger partial charge on any atom is -0.502 e. The molecule has 1 aromatic carbocycles. The molecule has 1 saturated carbocycles. The van der Waals surface area contributed by atoms with Gasteiger partial charge in [-0.05, 0) is 18.9 Å². The summed E-state index contributed by atoms with van der Waals surface area (Å²) in [5, 5.41) is 14.5. The number of aromatic hydroxyl groups is 1. The van der Waals surface area contributed by atoms with Crippen LogP contribution in [0.4, 0.5) is 17.6 Å². The topological polar surface area (TPSA) is 94.9 Å². The summed E-state index contributed by atoms with van der Waals surface area (Å²) in [7, 11) is 0. The van der Waals surface area contributed by atoms with E-state index in [0.29, 0.717) is 25.5 Å². The number of nitrogens with zero attached hydrogens (tertiary/aromatic N) is 3. The zero-order chi connectivity index (χ0) is 26.2. The van der Waals surface area contributed by atoms with E-state index in [4.69, 9.17) is 0 Å². The first-order valence-corrected chi connectivity index (χ1v) is 11.3. The van der Waals surface area contributed by atoms with Crippen molar-refractivity contribution in [1.29, 1.82) is 0 Å². The molecule has 2 amide bonds. The zero-order valence-electron chi connectivity index (χ0n) is 19.1. The van der Waals surface area contributed by atoms with Gasteiger partial charge in [-0.25, -0.2) is 17.6 Å². The number of hydrogen-bond donors (Lipinski definition) is 2. The molecule has 192 valence electrons. The van der Waals surface area contributed by atoms with Crippen molar-refractivity contribution in [2.45, 2.75) is 44.2 Å². The number of alkyl halides is 2. The molecule has 0 radical (unpaired) electrons. The van der Waals surface area contributed by atoms with Crippen LogP contribution in [0.5, 0.6) is 5.75 Å². The molecule has 2 N–H and O–H groups in total. The third-order valence-corrected chi connectivity index (χ3v) is 6.28. The summed E-state index contributed by atoms with van der Waals surface area (Å²) in [4.78, 5) is 39.9. The van der Waals surface area contributed by atoms with Crippen molar-refractivity contribution < 1.29 is 32.3 Å². The Morgan fingerprint density at radius 3 is 2.61 bits per heavy atom. The van der Waals surface area contributed by atoms with Crippen LogP contribution in [0.25, 0.3) is 0 Å². The second-order valence-corrected chi connectivity index (χ2v) is 8.83. The lowest BCUT2D eigenvalue weighted by Gasteiger charge is -2.48. The summed E-state index contributed by atoms with van der Waals surface area (Å²) in [6.07, 6.45) is 2.88. The van der Waals surface area contributed by atoms with E-state index in [-0.39, 0.29) is 18.8 Å². The Morgan fingerprint density at radius 2 is 1.97 bits per heavy atom. The van der Waals surface area contributed by atoms with Crippen LogP contribution < -0.4 is 15.8 Å². The Kier molecular flexibility index (Phi) is 6.79. The van der Waals surface area contributed by atoms with Crippen LogP contribution in [-0.4, -0.2) is 51.7 Å². The zero-order valence-corrected chi connectivity index (χ0v) is 19.1. The fraction of sp³-hybridized carbons (Fsp3) is 0.375. The monoisotopic (exact) mass is 508 g/mol. The molecule has 2 aromatic rings. The Labute approximate surface area is 203 Å². The lowest BCUT2D eigenvalue weighted by atomic mass is 9.86. The van der Waals surface area contributed by atoms with Crippen molar-refractivity contribution in [3.63, 3.8) is 0 Å². The number of halogens is 4. The number of amides is 2. The lowest BCUT2D eigenvalue weighted by molar-refractivity contribution is -0.118. The molecule has 1 aliphatic heterocycles. The molecule has 1 aromatic heterocycles. The maximum atomic E-state index is 13.9. The van der Waals surface area contributed by atoms with Gasteiger partial charge >= 0.3 is 0 Å². The first-order chi connectivity index (χ1) is 17.0. The van der Waals surface area contributed by atoms with Crippen molar-refractivity contribution in [3.8, 4) is 5.75 Å². The second-order valence-electron chi connectivity index (χ2n) is 8.83. The number of fused-ring (bicyclic) bond motifs is 1. The average Bonchev–Trinajstić information content (AvgIpc) is 2.80. The fourth-order valence-corrected chi connectivity index (χ4v) is 4.28. The third kappa shape index (κ3) is 4.79. The number of allylic oxidation sites excluding steroid dienone is 1. The van der Waals surface area contributed by atoms with E-state index < -0.39 is 70.7 Å². The summed E-state index contributed by atoms with van der Waals surface area (Å²) >= 11 is 0. The van der Waals surface area contributed by atoms with Gasteiger partial charge in [0.05, 0.1) is 0 Å². The molecule has 0 saturated heterocycles. The predicted molar refractivity (Wildman–Crippen MR) is 121 cm³/mol. The minimum absolute atomic E-state index is 0.0267. The first-order valence-electron chi connectivity index (χ1n) is 11.3. The summed E-state index contributed by atoms with van der Waals surface area (Å²) < 4.78 is 55.2. The number of rotatable bonds is 8. The van der Waals surface area contributed by atoms with Crippen molar-refractivity contribution >= 4 is 11.8 Å². The molecule has 4 rings (SSSR count). The molecule has 12 heteroatoms. The number of carbonyl (C=O) groups is 2. The fourth-order valence-electron chi connectivity index (χ4n) is 4.28. The van der Waals surface area contributed by atoms with Crippen molar-refractivity contribution in [1.82, 2.24) is 14.9 Å². The normalized spacial score (nSPS) is 16.9. The predicted octanol–water partition coefficient (Wildman–Crippen LogP) is 2.88. The largest absolute Gasteiger partial charge is 0.502 e. The van der Waals surface area contributed by atoms with Gasteiger partial charge in [0.25, 0.3) is 17.7 Å². The van der Waals surface area contributed by atoms with Crippen LogP contribution in [0.3, 0.4) is 0 Å². The number of aromatic nitrogens is 1. The van der Waals surface area contributed by atoms with Crippen molar-refractivity contribution in [3.05, 3.63) is 75.7 Å². The van der Waals surface area contributed by atoms with Gasteiger partial charge in [0, 0.05) is 49.8 Å². The van der Waals surface area contributed by atoms with Crippen LogP contribution in [0.1, 0.15) is 52.1 Å². The highest BCUT2D eigenvalue weighted by Crippen LogP contribution is 2.41. The van der Waals surface area contributed by atoms with Gasteiger partial charge in [-0.15, -0.1) is 6.58 Å². The van der Waals surface area contributed by atoms with Crippen LogP contribution in [0, 0.1) is 11.6 Å². The van der Waals surface area contributed by atoms with Gasteiger partial charge in [-0.1, -0.05) is 12.1 Å². The van der Waals surface area contributed by atoms with E-state index in [9.17, 15) is 37.1 Å². The summed E-state index contributed by atoms with van der Waals surface area (Å²) in [5.41, 5.74) is -2.11. The molecular weight excluding hydrogens is 484 g/mol. The number of pyridine rings is 1. The van der Waals surface area contributed by atoms with Gasteiger partial charge < -0.3 is 15.3 Å². The number of hydrogen-bond acceptors (Lipinski definition) is 5. The van der Waals surface area contributed by atoms with E-state index in [2.05, 4.69) is 11.9 Å². The molecule has 8 nitrogen and oxygen atoms in total. The van der Waals surface area contributed by atoms with E-state index >= 15 is 0 Å². The van der Waals surface area contributed by atoms with Crippen LogP contribution in [-0.2, 0) is 6.54 Å². The van der Waals surface area contributed by atoms with E-state index in [0.717, 1.165) is 18.3 Å². The molecule has 1 fully saturated rings. The highest BCUT2D eigenvalue weighted by Gasteiger charge is 2.51. The Bertz CT molecular complexity index is 1270. The highest BCUT2D eigenvalue weighted by atomic mass is 19.3. The highest BCUT2D eigenvalue weighted by molar-refractivity contribution is 5.99. The second kappa shape index (κ2) is 9.67. The summed E-state index contributed by atoms with van der Waals surface area (Å²) in [6.45, 7) is 3.50. The van der Waals surface area contributed by atoms with Crippen LogP contribution in [0.2, 0.25) is 0 Å². The van der Waals surface area contributed by atoms with Crippen LogP contribution in [0.15, 0.2) is 41.8 Å². The molecule has 0 atom stereocenters. The quantitative estimate of drug-likeness (QED) is 0.325. The van der Waals surface area contributed by atoms with Gasteiger partial charge in [0.1, 0.15) is 23.9 Å². The van der Waals surface area contributed by atoms with Gasteiger partial charge in [0.15, 0.2) is 11.4 Å². The number of carbonyl (C=O) groups excluding carboxylic acids is 2. The molecule has 2 heterocycles. The summed E-state index contributed by atoms with van der Waals surface area (Å²) in [5.74, 6) is -7.31. The maximum absolute atomic E-state index is 13.9. The molecule has 0 unspecified atom stereocenters. The molecule has 36 heavy (non-hydrogen) atoms. The average molecular weight is 508 g/mol. The van der Waals surface area contributed by atoms with Gasteiger partial charge in [-0.2, -0.15) is 0 Å². The Balaban J connectivity index is 1.64. The molecule has 0 spiro atoms. The molecular formula is C24H24F4N4O4. The minimum atomic E-state index is -2.89. The van der Waals surface area contributed by atoms with E-state index in [1.165, 1.54) is 9.58 Å². The lowest BCUT2D eigenvalue weighted by Crippen LogP contribution is -2.62. The first kappa shape index (κ1) is 25.3.